The first-order valence-electron chi connectivity index (χ1n) is 5.04. The molecule has 0 saturated heterocycles. The molecule has 0 amide bonds. The number of hydroxylamine groups is 1. The number of hydrogen-bond acceptors (Lipinski definition) is 5. The molecule has 2 rings (SSSR count). The van der Waals surface area contributed by atoms with E-state index in [1.165, 1.54) is 18.2 Å². The molecule has 1 unspecified atom stereocenters. The molecule has 100 valence electrons. The Hall–Kier alpha value is -1.79. The monoisotopic (exact) mass is 330 g/mol. The summed E-state index contributed by atoms with van der Waals surface area (Å²) in [6.07, 6.45) is -2.65. The average molecular weight is 330 g/mol. The molecule has 1 aromatic carbocycles. The van der Waals surface area contributed by atoms with Gasteiger partial charge in [-0.3, -0.25) is 0 Å². The summed E-state index contributed by atoms with van der Waals surface area (Å²) in [7, 11) is 0. The molecule has 0 spiro atoms. The fourth-order valence-corrected chi connectivity index (χ4v) is 1.88. The number of hydrogen-bond donors (Lipinski definition) is 2. The van der Waals surface area contributed by atoms with Gasteiger partial charge in [-0.15, -0.1) is 0 Å². The van der Waals surface area contributed by atoms with Crippen LogP contribution in [0, 0.1) is 5.41 Å². The van der Waals surface area contributed by atoms with E-state index in [-0.39, 0.29) is 16.9 Å². The molecule has 1 atom stereocenters. The molecule has 19 heavy (non-hydrogen) atoms. The number of amidine groups is 1. The number of alkyl halides is 2. The second-order valence-corrected chi connectivity index (χ2v) is 4.70. The van der Waals surface area contributed by atoms with E-state index in [2.05, 4.69) is 14.9 Å². The number of aromatic nitrogens is 2. The van der Waals surface area contributed by atoms with Crippen LogP contribution in [0.4, 0.5) is 14.5 Å². The van der Waals surface area contributed by atoms with Crippen molar-refractivity contribution >= 4 is 32.9 Å². The van der Waals surface area contributed by atoms with Crippen molar-refractivity contribution in [2.24, 2.45) is 0 Å². The van der Waals surface area contributed by atoms with E-state index < -0.39 is 12.3 Å². The van der Waals surface area contributed by atoms with Crippen molar-refractivity contribution < 1.29 is 18.6 Å². The van der Waals surface area contributed by atoms with E-state index in [1.54, 1.807) is 0 Å². The maximum atomic E-state index is 12.6. The summed E-state index contributed by atoms with van der Waals surface area (Å²) < 4.78 is 29.9. The zero-order valence-electron chi connectivity index (χ0n) is 9.42. The summed E-state index contributed by atoms with van der Waals surface area (Å²) in [5.41, 5.74) is -0.147. The van der Waals surface area contributed by atoms with Crippen molar-refractivity contribution in [2.45, 2.75) is 6.43 Å². The topological polar surface area (TPSA) is 86.2 Å². The Morgan fingerprint density at radius 1 is 1.42 bits per heavy atom. The van der Waals surface area contributed by atoms with Gasteiger partial charge in [0.2, 0.25) is 0 Å². The third kappa shape index (κ3) is 2.80. The summed E-state index contributed by atoms with van der Waals surface area (Å²) in [6, 6.07) is 5.09. The van der Waals surface area contributed by atoms with Gasteiger partial charge in [0.1, 0.15) is 0 Å². The van der Waals surface area contributed by atoms with Crippen LogP contribution in [0.2, 0.25) is 0 Å². The standard InChI is InChI=1S/C10H9AsF2N4O2/c11-8-7(15-19-16-8)10(14)17(18)6-3-1-2-5(4-6)9(12)13/h1-4,9,14,18H,11H2. The van der Waals surface area contributed by atoms with E-state index in [1.807, 2.05) is 0 Å². The first kappa shape index (κ1) is 13.6. The predicted octanol–water partition coefficient (Wildman–Crippen LogP) is 0.487. The maximum absolute atomic E-state index is 12.6. The Labute approximate surface area is 114 Å². The first-order valence-corrected chi connectivity index (χ1v) is 6.26. The van der Waals surface area contributed by atoms with E-state index in [0.717, 1.165) is 22.9 Å². The van der Waals surface area contributed by atoms with Gasteiger partial charge in [0.15, 0.2) is 0 Å². The number of nitrogens with zero attached hydrogens (tertiary/aromatic N) is 3. The molecule has 0 radical (unpaired) electrons. The molecule has 0 saturated carbocycles. The van der Waals surface area contributed by atoms with Crippen molar-refractivity contribution in [2.75, 3.05) is 5.06 Å². The Morgan fingerprint density at radius 3 is 2.74 bits per heavy atom. The van der Waals surface area contributed by atoms with Gasteiger partial charge in [0.25, 0.3) is 0 Å². The van der Waals surface area contributed by atoms with Crippen LogP contribution < -0.4 is 9.54 Å². The Kier molecular flexibility index (Phi) is 3.92. The molecule has 0 aliphatic carbocycles. The van der Waals surface area contributed by atoms with Gasteiger partial charge in [0, 0.05) is 0 Å². The minimum absolute atomic E-state index is 0.0395. The van der Waals surface area contributed by atoms with Crippen LogP contribution in [0.5, 0.6) is 0 Å². The van der Waals surface area contributed by atoms with E-state index in [4.69, 9.17) is 5.41 Å². The molecular formula is C10H9AsF2N4O2. The van der Waals surface area contributed by atoms with Crippen molar-refractivity contribution in [1.82, 2.24) is 10.3 Å². The Balaban J connectivity index is 2.29. The Morgan fingerprint density at radius 2 is 2.16 bits per heavy atom. The molecule has 2 N–H and O–H groups in total. The number of halogens is 2. The van der Waals surface area contributed by atoms with Crippen LogP contribution in [0.1, 0.15) is 17.7 Å². The minimum atomic E-state index is -2.65. The SMILES string of the molecule is N=C(c1nonc1[AsH2])N(O)c1cccc(C(F)F)c1. The van der Waals surface area contributed by atoms with Gasteiger partial charge >= 0.3 is 114 Å². The second-order valence-electron chi connectivity index (χ2n) is 3.55. The number of benzene rings is 1. The van der Waals surface area contributed by atoms with Crippen molar-refractivity contribution in [1.29, 1.82) is 5.41 Å². The number of anilines is 1. The number of rotatable bonds is 3. The molecule has 0 fully saturated rings. The van der Waals surface area contributed by atoms with Crippen molar-refractivity contribution in [3.05, 3.63) is 35.5 Å². The van der Waals surface area contributed by atoms with E-state index >= 15 is 0 Å². The van der Waals surface area contributed by atoms with Crippen molar-refractivity contribution in [3.63, 3.8) is 0 Å². The summed E-state index contributed by atoms with van der Waals surface area (Å²) >= 11 is 1.07. The molecule has 9 heteroatoms. The fraction of sp³-hybridized carbons (Fsp3) is 0.100. The zero-order chi connectivity index (χ0) is 14.0. The molecule has 0 aliphatic heterocycles. The molecule has 1 heterocycles. The summed E-state index contributed by atoms with van der Waals surface area (Å²) in [4.78, 5) is 0. The number of nitrogens with one attached hydrogen (secondary N) is 1. The molecule has 0 bridgehead atoms. The van der Waals surface area contributed by atoms with Crippen LogP contribution >= 0.6 is 0 Å². The van der Waals surface area contributed by atoms with Crippen LogP contribution in [0.3, 0.4) is 0 Å². The molecule has 0 aliphatic rings. The second kappa shape index (κ2) is 5.46. The third-order valence-corrected chi connectivity index (χ3v) is 3.11. The van der Waals surface area contributed by atoms with Crippen LogP contribution in [-0.2, 0) is 0 Å². The molecular weight excluding hydrogens is 321 g/mol. The van der Waals surface area contributed by atoms with Crippen LogP contribution in [0.15, 0.2) is 28.9 Å². The Bertz CT molecular complexity index is 605. The first-order chi connectivity index (χ1) is 9.00. The van der Waals surface area contributed by atoms with Gasteiger partial charge in [-0.25, -0.2) is 0 Å². The van der Waals surface area contributed by atoms with Crippen LogP contribution in [0.25, 0.3) is 0 Å². The van der Waals surface area contributed by atoms with Crippen LogP contribution in [-0.4, -0.2) is 38.2 Å². The van der Waals surface area contributed by atoms with E-state index in [0.29, 0.717) is 9.54 Å². The molecule has 6 nitrogen and oxygen atoms in total. The quantitative estimate of drug-likeness (QED) is 0.370. The van der Waals surface area contributed by atoms with E-state index in [9.17, 15) is 14.0 Å². The van der Waals surface area contributed by atoms with Gasteiger partial charge in [0.05, 0.1) is 0 Å². The average Bonchev–Trinajstić information content (AvgIpc) is 2.83. The summed E-state index contributed by atoms with van der Waals surface area (Å²) in [6.45, 7) is 0. The van der Waals surface area contributed by atoms with Crippen molar-refractivity contribution in [3.8, 4) is 0 Å². The third-order valence-electron chi connectivity index (χ3n) is 2.32. The van der Waals surface area contributed by atoms with Gasteiger partial charge in [-0.05, 0) is 0 Å². The molecule has 1 aromatic heterocycles. The van der Waals surface area contributed by atoms with Gasteiger partial charge < -0.3 is 0 Å². The van der Waals surface area contributed by atoms with Gasteiger partial charge in [-0.2, -0.15) is 0 Å². The zero-order valence-corrected chi connectivity index (χ0v) is 11.8. The summed E-state index contributed by atoms with van der Waals surface area (Å²) in [5, 5.41) is 25.0. The van der Waals surface area contributed by atoms with Gasteiger partial charge in [-0.1, -0.05) is 0 Å². The fourth-order valence-electron chi connectivity index (χ4n) is 1.38. The summed E-state index contributed by atoms with van der Waals surface area (Å²) in [5.74, 6) is -0.396. The molecule has 2 aromatic rings. The normalized spacial score (nSPS) is 10.8. The predicted molar refractivity (Wildman–Crippen MR) is 65.0 cm³/mol.